The van der Waals surface area contributed by atoms with Crippen LogP contribution in [0.1, 0.15) is 5.56 Å². The Labute approximate surface area is 71.0 Å². The van der Waals surface area contributed by atoms with Gasteiger partial charge in [-0.25, -0.2) is 0 Å². The third kappa shape index (κ3) is 2.36. The second kappa shape index (κ2) is 4.51. The third-order valence-corrected chi connectivity index (χ3v) is 1.57. The Morgan fingerprint density at radius 3 is 2.42 bits per heavy atom. The Kier molecular flexibility index (Phi) is 3.29. The maximum absolute atomic E-state index is 8.70. The SMILES string of the molecule is OC/C(Cc1ccccc1)=N\O. The zero-order valence-electron chi connectivity index (χ0n) is 6.64. The number of rotatable bonds is 3. The fourth-order valence-electron chi connectivity index (χ4n) is 0.954. The van der Waals surface area contributed by atoms with Gasteiger partial charge in [0.15, 0.2) is 0 Å². The van der Waals surface area contributed by atoms with E-state index in [1.807, 2.05) is 30.3 Å². The lowest BCUT2D eigenvalue weighted by Gasteiger charge is -1.99. The Morgan fingerprint density at radius 2 is 1.92 bits per heavy atom. The van der Waals surface area contributed by atoms with Crippen molar-refractivity contribution in [3.05, 3.63) is 35.9 Å². The van der Waals surface area contributed by atoms with Gasteiger partial charge >= 0.3 is 0 Å². The van der Waals surface area contributed by atoms with E-state index >= 15 is 0 Å². The van der Waals surface area contributed by atoms with Crippen LogP contribution in [0.4, 0.5) is 0 Å². The highest BCUT2D eigenvalue weighted by molar-refractivity contribution is 5.86. The number of oxime groups is 1. The van der Waals surface area contributed by atoms with Crippen LogP contribution >= 0.6 is 0 Å². The van der Waals surface area contributed by atoms with Gasteiger partial charge in [0.1, 0.15) is 0 Å². The van der Waals surface area contributed by atoms with E-state index in [0.717, 1.165) is 5.56 Å². The summed E-state index contributed by atoms with van der Waals surface area (Å²) in [4.78, 5) is 0. The molecule has 3 heteroatoms. The lowest BCUT2D eigenvalue weighted by molar-refractivity contribution is 0.301. The van der Waals surface area contributed by atoms with E-state index in [0.29, 0.717) is 12.1 Å². The molecule has 0 saturated heterocycles. The Balaban J connectivity index is 2.64. The van der Waals surface area contributed by atoms with E-state index in [-0.39, 0.29) is 6.61 Å². The second-order valence-electron chi connectivity index (χ2n) is 2.49. The molecule has 0 amide bonds. The highest BCUT2D eigenvalue weighted by Gasteiger charge is 1.98. The summed E-state index contributed by atoms with van der Waals surface area (Å²) >= 11 is 0. The molecule has 0 aliphatic carbocycles. The third-order valence-electron chi connectivity index (χ3n) is 1.57. The van der Waals surface area contributed by atoms with Gasteiger partial charge in [0.05, 0.1) is 12.3 Å². The first-order valence-electron chi connectivity index (χ1n) is 3.71. The first-order chi connectivity index (χ1) is 5.86. The molecule has 1 rings (SSSR count). The smallest absolute Gasteiger partial charge is 0.0868 e. The molecule has 0 aliphatic heterocycles. The van der Waals surface area contributed by atoms with Crippen molar-refractivity contribution in [2.24, 2.45) is 5.16 Å². The number of benzene rings is 1. The van der Waals surface area contributed by atoms with E-state index < -0.39 is 0 Å². The summed E-state index contributed by atoms with van der Waals surface area (Å²) in [7, 11) is 0. The van der Waals surface area contributed by atoms with Gasteiger partial charge in [0.2, 0.25) is 0 Å². The minimum atomic E-state index is -0.203. The molecule has 1 aromatic carbocycles. The Hall–Kier alpha value is -1.35. The van der Waals surface area contributed by atoms with Crippen LogP contribution in [0.15, 0.2) is 35.5 Å². The van der Waals surface area contributed by atoms with Gasteiger partial charge in [0, 0.05) is 6.42 Å². The van der Waals surface area contributed by atoms with E-state index in [9.17, 15) is 0 Å². The first-order valence-corrected chi connectivity index (χ1v) is 3.71. The molecule has 0 bridgehead atoms. The van der Waals surface area contributed by atoms with Crippen molar-refractivity contribution in [1.82, 2.24) is 0 Å². The van der Waals surface area contributed by atoms with Crippen molar-refractivity contribution in [3.8, 4) is 0 Å². The lowest BCUT2D eigenvalue weighted by Crippen LogP contribution is -2.07. The number of hydrogen-bond donors (Lipinski definition) is 2. The zero-order chi connectivity index (χ0) is 8.81. The maximum Gasteiger partial charge on any atom is 0.0868 e. The van der Waals surface area contributed by atoms with Gasteiger partial charge in [-0.05, 0) is 5.56 Å². The number of hydrogen-bond acceptors (Lipinski definition) is 3. The predicted octanol–water partition coefficient (Wildman–Crippen LogP) is 1.05. The summed E-state index contributed by atoms with van der Waals surface area (Å²) in [5.41, 5.74) is 1.40. The maximum atomic E-state index is 8.70. The van der Waals surface area contributed by atoms with E-state index in [1.54, 1.807) is 0 Å². The molecule has 0 spiro atoms. The normalized spacial score (nSPS) is 11.6. The number of aliphatic hydroxyl groups is 1. The van der Waals surface area contributed by atoms with Crippen molar-refractivity contribution >= 4 is 5.71 Å². The minimum absolute atomic E-state index is 0.203. The van der Waals surface area contributed by atoms with Crippen LogP contribution in [-0.4, -0.2) is 22.6 Å². The summed E-state index contributed by atoms with van der Waals surface area (Å²) in [6, 6.07) is 9.56. The molecule has 0 aliphatic rings. The molecule has 1 aromatic rings. The molecular formula is C9H11NO2. The van der Waals surface area contributed by atoms with Crippen LogP contribution in [0, 0.1) is 0 Å². The minimum Gasteiger partial charge on any atom is -0.411 e. The van der Waals surface area contributed by atoms with E-state index in [2.05, 4.69) is 5.16 Å². The number of aliphatic hydroxyl groups excluding tert-OH is 1. The van der Waals surface area contributed by atoms with Crippen molar-refractivity contribution < 1.29 is 10.3 Å². The monoisotopic (exact) mass is 165 g/mol. The van der Waals surface area contributed by atoms with E-state index in [1.165, 1.54) is 0 Å². The van der Waals surface area contributed by atoms with Crippen LogP contribution < -0.4 is 0 Å². The van der Waals surface area contributed by atoms with Gasteiger partial charge in [-0.15, -0.1) is 0 Å². The standard InChI is InChI=1S/C9H11NO2/c11-7-9(10-12)6-8-4-2-1-3-5-8/h1-5,11-12H,6-7H2/b10-9-. The summed E-state index contributed by atoms with van der Waals surface area (Å²) in [6.45, 7) is -0.203. The second-order valence-corrected chi connectivity index (χ2v) is 2.49. The van der Waals surface area contributed by atoms with Crippen LogP contribution in [0.2, 0.25) is 0 Å². The molecule has 2 N–H and O–H groups in total. The van der Waals surface area contributed by atoms with Gasteiger partial charge in [-0.2, -0.15) is 0 Å². The summed E-state index contributed by atoms with van der Waals surface area (Å²) in [5.74, 6) is 0. The van der Waals surface area contributed by atoms with Crippen molar-refractivity contribution in [2.45, 2.75) is 6.42 Å². The molecule has 0 aromatic heterocycles. The molecule has 0 fully saturated rings. The average molecular weight is 165 g/mol. The molecule has 3 nitrogen and oxygen atoms in total. The molecular weight excluding hydrogens is 154 g/mol. The predicted molar refractivity (Wildman–Crippen MR) is 46.5 cm³/mol. The molecule has 0 heterocycles. The highest BCUT2D eigenvalue weighted by atomic mass is 16.4. The van der Waals surface area contributed by atoms with Crippen LogP contribution in [0.25, 0.3) is 0 Å². The molecule has 0 unspecified atom stereocenters. The van der Waals surface area contributed by atoms with E-state index in [4.69, 9.17) is 10.3 Å². The molecule has 12 heavy (non-hydrogen) atoms. The quantitative estimate of drug-likeness (QED) is 0.399. The summed E-state index contributed by atoms with van der Waals surface area (Å²) in [5, 5.41) is 20.1. The van der Waals surface area contributed by atoms with Crippen molar-refractivity contribution in [3.63, 3.8) is 0 Å². The molecule has 0 radical (unpaired) electrons. The lowest BCUT2D eigenvalue weighted by atomic mass is 10.1. The van der Waals surface area contributed by atoms with Gasteiger partial charge in [-0.3, -0.25) is 0 Å². The fourth-order valence-corrected chi connectivity index (χ4v) is 0.954. The molecule has 0 atom stereocenters. The summed E-state index contributed by atoms with van der Waals surface area (Å²) < 4.78 is 0. The topological polar surface area (TPSA) is 52.8 Å². The average Bonchev–Trinajstić information content (AvgIpc) is 2.16. The van der Waals surface area contributed by atoms with Crippen LogP contribution in [0.3, 0.4) is 0 Å². The first kappa shape index (κ1) is 8.74. The van der Waals surface area contributed by atoms with Crippen molar-refractivity contribution in [2.75, 3.05) is 6.61 Å². The fraction of sp³-hybridized carbons (Fsp3) is 0.222. The zero-order valence-corrected chi connectivity index (χ0v) is 6.64. The largest absolute Gasteiger partial charge is 0.411 e. The summed E-state index contributed by atoms with van der Waals surface area (Å²) in [6.07, 6.45) is 0.494. The highest BCUT2D eigenvalue weighted by Crippen LogP contribution is 2.00. The molecule has 0 saturated carbocycles. The Morgan fingerprint density at radius 1 is 1.25 bits per heavy atom. The Bertz CT molecular complexity index is 256. The van der Waals surface area contributed by atoms with Crippen LogP contribution in [-0.2, 0) is 6.42 Å². The molecule has 64 valence electrons. The van der Waals surface area contributed by atoms with Gasteiger partial charge in [-0.1, -0.05) is 35.5 Å². The number of nitrogens with zero attached hydrogens (tertiary/aromatic N) is 1. The van der Waals surface area contributed by atoms with Gasteiger partial charge < -0.3 is 10.3 Å². The van der Waals surface area contributed by atoms with Gasteiger partial charge in [0.25, 0.3) is 0 Å². The van der Waals surface area contributed by atoms with Crippen molar-refractivity contribution in [1.29, 1.82) is 0 Å². The van der Waals surface area contributed by atoms with Crippen LogP contribution in [0.5, 0.6) is 0 Å².